The number of benzene rings is 2. The Balaban J connectivity index is 0.00000240. The molecule has 29 heavy (non-hydrogen) atoms. The van der Waals surface area contributed by atoms with Gasteiger partial charge in [-0.3, -0.25) is 10.1 Å². The largest absolute Gasteiger partial charge is 0.496 e. The van der Waals surface area contributed by atoms with Crippen molar-refractivity contribution >= 4 is 29.3 Å². The van der Waals surface area contributed by atoms with Gasteiger partial charge in [-0.15, -0.1) is 12.4 Å². The van der Waals surface area contributed by atoms with E-state index in [2.05, 4.69) is 28.5 Å². The number of halogens is 1. The lowest BCUT2D eigenvalue weighted by Crippen LogP contribution is -2.45. The van der Waals surface area contributed by atoms with Crippen LogP contribution in [0.1, 0.15) is 28.4 Å². The quantitative estimate of drug-likeness (QED) is 0.622. The number of ether oxygens (including phenoxy) is 3. The molecule has 2 aromatic carbocycles. The summed E-state index contributed by atoms with van der Waals surface area (Å²) in [6.07, 6.45) is 0.587. The molecule has 154 valence electrons. The van der Waals surface area contributed by atoms with E-state index >= 15 is 0 Å². The van der Waals surface area contributed by atoms with Crippen molar-refractivity contribution in [3.05, 3.63) is 64.8 Å². The molecular formula is C22H25ClN2O4. The normalized spacial score (nSPS) is 18.0. The number of hydrogen-bond donors (Lipinski definition) is 2. The van der Waals surface area contributed by atoms with Crippen molar-refractivity contribution < 1.29 is 19.0 Å². The van der Waals surface area contributed by atoms with Crippen molar-refractivity contribution in [3.63, 3.8) is 0 Å². The monoisotopic (exact) mass is 416 g/mol. The molecule has 0 saturated carbocycles. The molecule has 7 heteroatoms. The molecule has 0 saturated heterocycles. The predicted molar refractivity (Wildman–Crippen MR) is 114 cm³/mol. The number of aromatic nitrogens is 1. The number of H-pyrrole nitrogens is 1. The van der Waals surface area contributed by atoms with Crippen molar-refractivity contribution in [3.8, 4) is 5.75 Å². The lowest BCUT2D eigenvalue weighted by atomic mass is 9.89. The molecule has 6 nitrogen and oxygen atoms in total. The van der Waals surface area contributed by atoms with Gasteiger partial charge in [-0.25, -0.2) is 0 Å². The Morgan fingerprint density at radius 1 is 1.14 bits per heavy atom. The topological polar surface area (TPSA) is 72.6 Å². The minimum atomic E-state index is -0.408. The van der Waals surface area contributed by atoms with E-state index in [9.17, 15) is 4.79 Å². The summed E-state index contributed by atoms with van der Waals surface area (Å²) in [5.41, 5.74) is 5.29. The lowest BCUT2D eigenvalue weighted by Gasteiger charge is -2.30. The Hall–Kier alpha value is -2.54. The molecule has 1 aliphatic heterocycles. The lowest BCUT2D eigenvalue weighted by molar-refractivity contribution is -0.143. The minimum Gasteiger partial charge on any atom is -0.496 e. The van der Waals surface area contributed by atoms with Crippen LogP contribution in [0.25, 0.3) is 10.9 Å². The molecular weight excluding hydrogens is 392 g/mol. The zero-order valence-corrected chi connectivity index (χ0v) is 17.5. The summed E-state index contributed by atoms with van der Waals surface area (Å²) in [6.45, 7) is 0.448. The highest BCUT2D eigenvalue weighted by Crippen LogP contribution is 2.36. The number of nitrogens with one attached hydrogen (secondary N) is 2. The number of carbonyl (C=O) groups excluding carboxylic acids is 1. The first kappa shape index (κ1) is 21.2. The van der Waals surface area contributed by atoms with Crippen LogP contribution in [0, 0.1) is 0 Å². The number of methoxy groups -OCH3 is 3. The third-order valence-corrected chi connectivity index (χ3v) is 5.33. The van der Waals surface area contributed by atoms with E-state index < -0.39 is 6.04 Å². The van der Waals surface area contributed by atoms with E-state index in [0.29, 0.717) is 13.0 Å². The van der Waals surface area contributed by atoms with Crippen LogP contribution in [0.4, 0.5) is 0 Å². The number of hydrogen-bond acceptors (Lipinski definition) is 5. The fourth-order valence-electron chi connectivity index (χ4n) is 4.04. The van der Waals surface area contributed by atoms with Gasteiger partial charge in [-0.05, 0) is 29.3 Å². The van der Waals surface area contributed by atoms with Gasteiger partial charge in [-0.2, -0.15) is 0 Å². The molecule has 1 aliphatic rings. The van der Waals surface area contributed by atoms with Crippen molar-refractivity contribution in [2.45, 2.75) is 25.1 Å². The van der Waals surface area contributed by atoms with Crippen molar-refractivity contribution in [1.29, 1.82) is 0 Å². The highest BCUT2D eigenvalue weighted by Gasteiger charge is 2.34. The standard InChI is InChI=1S/C22H24N2O4.ClH/c1-26-12-14-10-13(8-9-19(14)27-2)20-21-16(11-18(24-20)22(25)28-3)15-6-4-5-7-17(15)23-21;/h4-10,18,20,23-24H,11-12H2,1-3H3;1H. The predicted octanol–water partition coefficient (Wildman–Crippen LogP) is 3.52. The van der Waals surface area contributed by atoms with Crippen LogP contribution in [-0.2, 0) is 27.3 Å². The maximum atomic E-state index is 12.3. The molecule has 4 rings (SSSR count). The van der Waals surface area contributed by atoms with Crippen LogP contribution in [0.3, 0.4) is 0 Å². The Kier molecular flexibility index (Phi) is 6.47. The molecule has 3 aromatic rings. The van der Waals surface area contributed by atoms with E-state index in [-0.39, 0.29) is 24.4 Å². The first-order chi connectivity index (χ1) is 13.7. The summed E-state index contributed by atoms with van der Waals surface area (Å²) in [6, 6.07) is 13.6. The van der Waals surface area contributed by atoms with Gasteiger partial charge in [0.1, 0.15) is 11.8 Å². The van der Waals surface area contributed by atoms with E-state index in [0.717, 1.165) is 39.0 Å². The minimum absolute atomic E-state index is 0. The Morgan fingerprint density at radius 2 is 1.93 bits per heavy atom. The van der Waals surface area contributed by atoms with Gasteiger partial charge in [0, 0.05) is 35.7 Å². The van der Waals surface area contributed by atoms with Crippen LogP contribution >= 0.6 is 12.4 Å². The summed E-state index contributed by atoms with van der Waals surface area (Å²) in [7, 11) is 4.73. The number of carbonyl (C=O) groups is 1. The molecule has 0 spiro atoms. The molecule has 0 fully saturated rings. The molecule has 0 amide bonds. The zero-order chi connectivity index (χ0) is 19.7. The van der Waals surface area contributed by atoms with E-state index in [1.165, 1.54) is 7.11 Å². The van der Waals surface area contributed by atoms with Crippen molar-refractivity contribution in [1.82, 2.24) is 10.3 Å². The molecule has 1 aromatic heterocycles. The second-order valence-electron chi connectivity index (χ2n) is 6.95. The van der Waals surface area contributed by atoms with E-state index in [4.69, 9.17) is 14.2 Å². The fraction of sp³-hybridized carbons (Fsp3) is 0.318. The molecule has 2 unspecified atom stereocenters. The summed E-state index contributed by atoms with van der Waals surface area (Å²) in [5, 5.41) is 4.60. The van der Waals surface area contributed by atoms with Gasteiger partial charge < -0.3 is 19.2 Å². The van der Waals surface area contributed by atoms with E-state index in [1.54, 1.807) is 14.2 Å². The maximum absolute atomic E-state index is 12.3. The summed E-state index contributed by atoms with van der Waals surface area (Å²) in [4.78, 5) is 15.9. The molecule has 2 atom stereocenters. The average Bonchev–Trinajstić information content (AvgIpc) is 3.11. The molecule has 0 aliphatic carbocycles. The number of esters is 1. The van der Waals surface area contributed by atoms with Crippen molar-refractivity contribution in [2.24, 2.45) is 0 Å². The number of aromatic amines is 1. The van der Waals surface area contributed by atoms with Gasteiger partial charge in [-0.1, -0.05) is 24.3 Å². The van der Waals surface area contributed by atoms with Gasteiger partial charge >= 0.3 is 5.97 Å². The number of para-hydroxylation sites is 1. The van der Waals surface area contributed by atoms with Crippen LogP contribution in [0.5, 0.6) is 5.75 Å². The first-order valence-corrected chi connectivity index (χ1v) is 9.25. The SMILES string of the molecule is COCc1cc(C2NC(C(=O)OC)Cc3c2[nH]c2ccccc32)ccc1OC.Cl. The summed E-state index contributed by atoms with van der Waals surface area (Å²) >= 11 is 0. The molecule has 2 heterocycles. The van der Waals surface area contributed by atoms with E-state index in [1.807, 2.05) is 24.3 Å². The second-order valence-corrected chi connectivity index (χ2v) is 6.95. The first-order valence-electron chi connectivity index (χ1n) is 9.25. The Morgan fingerprint density at radius 3 is 2.66 bits per heavy atom. The molecule has 0 radical (unpaired) electrons. The Labute approximate surface area is 175 Å². The maximum Gasteiger partial charge on any atom is 0.323 e. The van der Waals surface area contributed by atoms with Crippen molar-refractivity contribution in [2.75, 3.05) is 21.3 Å². The summed E-state index contributed by atoms with van der Waals surface area (Å²) < 4.78 is 15.8. The van der Waals surface area contributed by atoms with Gasteiger partial charge in [0.2, 0.25) is 0 Å². The molecule has 0 bridgehead atoms. The highest BCUT2D eigenvalue weighted by molar-refractivity contribution is 5.87. The third-order valence-electron chi connectivity index (χ3n) is 5.33. The Bertz CT molecular complexity index is 1020. The van der Waals surface area contributed by atoms with Crippen LogP contribution in [0.2, 0.25) is 0 Å². The number of fused-ring (bicyclic) bond motifs is 3. The van der Waals surface area contributed by atoms with Crippen LogP contribution in [0.15, 0.2) is 42.5 Å². The third kappa shape index (κ3) is 3.83. The smallest absolute Gasteiger partial charge is 0.323 e. The fourth-order valence-corrected chi connectivity index (χ4v) is 4.04. The second kappa shape index (κ2) is 8.86. The summed E-state index contributed by atoms with van der Waals surface area (Å²) in [5.74, 6) is 0.523. The van der Waals surface area contributed by atoms with Crippen LogP contribution in [-0.4, -0.2) is 38.3 Å². The van der Waals surface area contributed by atoms with Crippen LogP contribution < -0.4 is 10.1 Å². The average molecular weight is 417 g/mol. The van der Waals surface area contributed by atoms with Gasteiger partial charge in [0.05, 0.1) is 26.9 Å². The van der Waals surface area contributed by atoms with Gasteiger partial charge in [0.25, 0.3) is 0 Å². The highest BCUT2D eigenvalue weighted by atomic mass is 35.5. The van der Waals surface area contributed by atoms with Gasteiger partial charge in [0.15, 0.2) is 0 Å². The number of rotatable bonds is 5. The zero-order valence-electron chi connectivity index (χ0n) is 16.7. The molecule has 2 N–H and O–H groups in total.